The summed E-state index contributed by atoms with van der Waals surface area (Å²) in [6, 6.07) is 0. The van der Waals surface area contributed by atoms with Crippen molar-refractivity contribution in [2.75, 3.05) is 27.7 Å². The van der Waals surface area contributed by atoms with Gasteiger partial charge in [-0.2, -0.15) is 0 Å². The highest BCUT2D eigenvalue weighted by molar-refractivity contribution is 5.95. The van der Waals surface area contributed by atoms with E-state index in [1.807, 2.05) is 21.1 Å². The number of carboxylic acid groups (broad SMARTS) is 2. The third kappa shape index (κ3) is 20.1. The Hall–Kier alpha value is -2.26. The molecule has 1 atom stereocenters. The van der Waals surface area contributed by atoms with Crippen molar-refractivity contribution in [1.82, 2.24) is 0 Å². The van der Waals surface area contributed by atoms with Crippen LogP contribution in [0.3, 0.4) is 0 Å². The number of esters is 2. The van der Waals surface area contributed by atoms with E-state index in [2.05, 4.69) is 4.74 Å². The number of hydrogen-bond donors (Lipinski definition) is 2. The van der Waals surface area contributed by atoms with Gasteiger partial charge in [0.15, 0.2) is 0 Å². The second kappa shape index (κ2) is 10.5. The summed E-state index contributed by atoms with van der Waals surface area (Å²) in [7, 11) is 5.66. The topological polar surface area (TPSA) is 141 Å². The summed E-state index contributed by atoms with van der Waals surface area (Å²) in [5.74, 6) is -4.23. The van der Waals surface area contributed by atoms with Gasteiger partial charge in [-0.3, -0.25) is 4.79 Å². The maximum Gasteiger partial charge on any atom is 0.338 e. The Morgan fingerprint density at radius 2 is 1.68 bits per heavy atom. The number of aliphatic hydroxyl groups is 1. The van der Waals surface area contributed by atoms with Gasteiger partial charge in [-0.25, -0.2) is 9.59 Å². The van der Waals surface area contributed by atoms with Crippen molar-refractivity contribution in [1.29, 1.82) is 0 Å². The Morgan fingerprint density at radius 3 is 2.00 bits per heavy atom. The van der Waals surface area contributed by atoms with E-state index in [0.29, 0.717) is 23.2 Å². The second-order valence-corrected chi connectivity index (χ2v) is 5.29. The van der Waals surface area contributed by atoms with Gasteiger partial charge >= 0.3 is 17.9 Å². The van der Waals surface area contributed by atoms with Crippen LogP contribution in [0, 0.1) is 0 Å². The lowest BCUT2D eigenvalue weighted by molar-refractivity contribution is -0.873. The fraction of sp³-hybridized carbons (Fsp3) is 0.538. The number of carboxylic acids is 2. The molecule has 0 radical (unpaired) electrons. The maximum atomic E-state index is 10.4. The predicted molar refractivity (Wildman–Crippen MR) is 72.1 cm³/mol. The van der Waals surface area contributed by atoms with Crippen molar-refractivity contribution in [2.24, 2.45) is 0 Å². The molecule has 22 heavy (non-hydrogen) atoms. The van der Waals surface area contributed by atoms with Gasteiger partial charge in [0.25, 0.3) is 0 Å². The highest BCUT2D eigenvalue weighted by atomic mass is 16.6. The van der Waals surface area contributed by atoms with Crippen LogP contribution in [-0.2, 0) is 23.9 Å². The van der Waals surface area contributed by atoms with E-state index in [1.54, 1.807) is 0 Å². The van der Waals surface area contributed by atoms with Crippen LogP contribution in [0.4, 0.5) is 0 Å². The van der Waals surface area contributed by atoms with E-state index in [9.17, 15) is 24.3 Å². The molecule has 0 aliphatic heterocycles. The largest absolute Gasteiger partial charge is 0.550 e. The number of carbonyl (C=O) groups excluding carboxylic acids is 3. The van der Waals surface area contributed by atoms with Crippen LogP contribution in [0.25, 0.3) is 0 Å². The van der Waals surface area contributed by atoms with Gasteiger partial charge in [0.2, 0.25) is 0 Å². The Labute approximate surface area is 128 Å². The molecule has 2 N–H and O–H groups in total. The highest BCUT2D eigenvalue weighted by Gasteiger charge is 2.14. The number of hydrogen-bond acceptors (Lipinski definition) is 7. The Kier molecular flexibility index (Phi) is 10.5. The van der Waals surface area contributed by atoms with Gasteiger partial charge in [-0.1, -0.05) is 0 Å². The van der Waals surface area contributed by atoms with Crippen LogP contribution in [0.1, 0.15) is 13.3 Å². The monoisotopic (exact) mass is 319 g/mol. The summed E-state index contributed by atoms with van der Waals surface area (Å²) in [6.07, 6.45) is 0.157. The first-order valence-electron chi connectivity index (χ1n) is 6.15. The fourth-order valence-electron chi connectivity index (χ4n) is 1.20. The normalized spacial score (nSPS) is 12.0. The number of carbonyl (C=O) groups is 4. The second-order valence-electron chi connectivity index (χ2n) is 5.29. The molecule has 0 heterocycles. The molecule has 9 nitrogen and oxygen atoms in total. The average Bonchev–Trinajstić information content (AvgIpc) is 2.22. The van der Waals surface area contributed by atoms with Crippen LogP contribution >= 0.6 is 0 Å². The molecule has 0 bridgehead atoms. The average molecular weight is 319 g/mol. The molecule has 0 aliphatic rings. The molecular formula is C13H21NO8. The van der Waals surface area contributed by atoms with Crippen LogP contribution in [0.15, 0.2) is 12.2 Å². The van der Waals surface area contributed by atoms with Crippen LogP contribution in [0.5, 0.6) is 0 Å². The van der Waals surface area contributed by atoms with E-state index in [0.717, 1.165) is 6.92 Å². The summed E-state index contributed by atoms with van der Waals surface area (Å²) in [6.45, 7) is 1.47. The first-order valence-corrected chi connectivity index (χ1v) is 6.15. The summed E-state index contributed by atoms with van der Waals surface area (Å²) >= 11 is 0. The molecule has 0 aromatic rings. The van der Waals surface area contributed by atoms with Gasteiger partial charge in [0.1, 0.15) is 12.6 Å². The van der Waals surface area contributed by atoms with E-state index in [4.69, 9.17) is 10.2 Å². The Balaban J connectivity index is 0. The lowest BCUT2D eigenvalue weighted by atomic mass is 10.2. The van der Waals surface area contributed by atoms with E-state index in [1.165, 1.54) is 0 Å². The van der Waals surface area contributed by atoms with Crippen molar-refractivity contribution >= 4 is 23.9 Å². The van der Waals surface area contributed by atoms with E-state index < -0.39 is 30.0 Å². The SMILES string of the molecule is CC(=O)OC(=O)/C=C\C(=O)O.C[N+](C)(C)C[C@H](O)CC(=O)[O-]. The van der Waals surface area contributed by atoms with E-state index >= 15 is 0 Å². The van der Waals surface area contributed by atoms with Crippen molar-refractivity contribution in [2.45, 2.75) is 19.4 Å². The Bertz CT molecular complexity index is 436. The quantitative estimate of drug-likeness (QED) is 0.246. The molecule has 0 aromatic carbocycles. The molecule has 0 amide bonds. The zero-order valence-electron chi connectivity index (χ0n) is 12.9. The minimum Gasteiger partial charge on any atom is -0.550 e. The third-order valence-corrected chi connectivity index (χ3v) is 1.77. The smallest absolute Gasteiger partial charge is 0.338 e. The van der Waals surface area contributed by atoms with Crippen LogP contribution in [0.2, 0.25) is 0 Å². The number of quaternary nitrogens is 1. The first-order chi connectivity index (χ1) is 9.83. The molecule has 0 spiro atoms. The molecule has 0 saturated heterocycles. The minimum absolute atomic E-state index is 0.282. The summed E-state index contributed by atoms with van der Waals surface area (Å²) < 4.78 is 4.52. The Morgan fingerprint density at radius 1 is 1.18 bits per heavy atom. The molecule has 0 saturated carbocycles. The van der Waals surface area contributed by atoms with Crippen molar-refractivity contribution in [3.63, 3.8) is 0 Å². The first kappa shape index (κ1) is 22.0. The zero-order chi connectivity index (χ0) is 17.9. The van der Waals surface area contributed by atoms with E-state index in [-0.39, 0.29) is 6.42 Å². The van der Waals surface area contributed by atoms with Crippen molar-refractivity contribution in [3.8, 4) is 0 Å². The van der Waals surface area contributed by atoms with Crippen molar-refractivity contribution < 1.29 is 43.7 Å². The number of nitrogens with zero attached hydrogens (tertiary/aromatic N) is 1. The number of aliphatic carboxylic acids is 2. The minimum atomic E-state index is -1.27. The molecule has 0 aromatic heterocycles. The molecular weight excluding hydrogens is 298 g/mol. The number of likely N-dealkylation sites (N-methyl/N-ethyl adjacent to an activating group) is 1. The maximum absolute atomic E-state index is 10.4. The molecule has 0 aliphatic carbocycles. The molecule has 0 fully saturated rings. The number of ether oxygens (including phenoxy) is 1. The van der Waals surface area contributed by atoms with Gasteiger partial charge in [0, 0.05) is 31.5 Å². The lowest BCUT2D eigenvalue weighted by Gasteiger charge is -2.26. The summed E-state index contributed by atoms with van der Waals surface area (Å²) in [5.41, 5.74) is 0. The number of rotatable bonds is 6. The zero-order valence-corrected chi connectivity index (χ0v) is 12.9. The third-order valence-electron chi connectivity index (χ3n) is 1.77. The van der Waals surface area contributed by atoms with Gasteiger partial charge in [-0.15, -0.1) is 0 Å². The standard InChI is InChI=1S/C7H15NO3.C6H6O5/c1-8(2,3)5-6(9)4-7(10)11;1-4(7)11-6(10)3-2-5(8)9/h6,9H,4-5H2,1-3H3;2-3H,1H3,(H,8,9)/b;3-2-/t6-;/m1./s1. The fourth-order valence-corrected chi connectivity index (χ4v) is 1.20. The predicted octanol–water partition coefficient (Wildman–Crippen LogP) is -2.09. The van der Waals surface area contributed by atoms with Crippen LogP contribution < -0.4 is 5.11 Å². The molecule has 0 rings (SSSR count). The molecule has 126 valence electrons. The lowest BCUT2D eigenvalue weighted by Crippen LogP contribution is -2.43. The molecule has 0 unspecified atom stereocenters. The van der Waals surface area contributed by atoms with Gasteiger partial charge in [0.05, 0.1) is 21.1 Å². The number of aliphatic hydroxyl groups excluding tert-OH is 1. The van der Waals surface area contributed by atoms with Gasteiger partial charge in [-0.05, 0) is 0 Å². The highest BCUT2D eigenvalue weighted by Crippen LogP contribution is 1.97. The van der Waals surface area contributed by atoms with Crippen LogP contribution in [-0.4, -0.2) is 72.4 Å². The summed E-state index contributed by atoms with van der Waals surface area (Å²) in [5, 5.41) is 27.2. The summed E-state index contributed by atoms with van der Waals surface area (Å²) in [4.78, 5) is 40.3. The van der Waals surface area contributed by atoms with Gasteiger partial charge < -0.3 is 29.3 Å². The van der Waals surface area contributed by atoms with Crippen molar-refractivity contribution in [3.05, 3.63) is 12.2 Å². The molecule has 9 heteroatoms.